The summed E-state index contributed by atoms with van der Waals surface area (Å²) in [5.74, 6) is -0.694. The Bertz CT molecular complexity index is 584. The van der Waals surface area contributed by atoms with Gasteiger partial charge in [0.15, 0.2) is 0 Å². The topological polar surface area (TPSA) is 104 Å². The lowest BCUT2D eigenvalue weighted by molar-refractivity contribution is -0.918. The van der Waals surface area contributed by atoms with Crippen molar-refractivity contribution in [3.05, 3.63) is 0 Å². The van der Waals surface area contributed by atoms with E-state index in [1.54, 1.807) is 0 Å². The number of likely N-dealkylation sites (N-methyl/N-ethyl adjacent to an activating group) is 1. The molecule has 178 valence electrons. The minimum Gasteiger partial charge on any atom is -0.386 e. The molecule has 7 nitrogen and oxygen atoms in total. The summed E-state index contributed by atoms with van der Waals surface area (Å²) in [7, 11) is -2.26. The molecule has 0 aromatic carbocycles. The third-order valence-corrected chi connectivity index (χ3v) is 6.97. The van der Waals surface area contributed by atoms with E-state index in [1.165, 1.54) is 51.4 Å². The average Bonchev–Trinajstić information content (AvgIpc) is 2.63. The highest BCUT2D eigenvalue weighted by Gasteiger charge is 2.37. The number of hydrogen-bond acceptors (Lipinski definition) is 4. The monoisotopic (exact) mass is 449 g/mol. The lowest BCUT2D eigenvalue weighted by atomic mass is 9.95. The van der Waals surface area contributed by atoms with Crippen LogP contribution in [0.5, 0.6) is 0 Å². The molecule has 3 unspecified atom stereocenters. The second kappa shape index (κ2) is 14.4. The molecule has 1 aliphatic heterocycles. The van der Waals surface area contributed by atoms with Gasteiger partial charge >= 0.3 is 0 Å². The van der Waals surface area contributed by atoms with Crippen LogP contribution in [0.4, 0.5) is 0 Å². The van der Waals surface area contributed by atoms with Crippen LogP contribution in [0.15, 0.2) is 0 Å². The van der Waals surface area contributed by atoms with Gasteiger partial charge in [0.25, 0.3) is 10.1 Å². The fraction of sp³-hybridized carbons (Fsp3) is 0.955. The van der Waals surface area contributed by atoms with Crippen LogP contribution in [-0.4, -0.2) is 73.6 Å². The van der Waals surface area contributed by atoms with E-state index in [1.807, 2.05) is 7.05 Å². The minimum absolute atomic E-state index is 0.0687. The van der Waals surface area contributed by atoms with Crippen molar-refractivity contribution < 1.29 is 27.4 Å². The zero-order chi connectivity index (χ0) is 22.5. The third kappa shape index (κ3) is 12.9. The SMILES string of the molecule is CCCCCCCCCCCCNC(=O)C1CCC[N+](C)(CC(O)CS(=O)(=O)O)C1. The molecule has 0 bridgehead atoms. The zero-order valence-electron chi connectivity index (χ0n) is 19.2. The van der Waals surface area contributed by atoms with Crippen LogP contribution >= 0.6 is 0 Å². The van der Waals surface area contributed by atoms with E-state index in [0.29, 0.717) is 17.6 Å². The van der Waals surface area contributed by atoms with Crippen molar-refractivity contribution in [2.24, 2.45) is 5.92 Å². The number of quaternary nitrogens is 1. The van der Waals surface area contributed by atoms with Gasteiger partial charge in [0.1, 0.15) is 18.4 Å². The summed E-state index contributed by atoms with van der Waals surface area (Å²) >= 11 is 0. The molecule has 1 rings (SSSR count). The van der Waals surface area contributed by atoms with Gasteiger partial charge in [-0.2, -0.15) is 8.42 Å². The van der Waals surface area contributed by atoms with Gasteiger partial charge in [-0.05, 0) is 19.3 Å². The number of likely N-dealkylation sites (tertiary alicyclic amines) is 1. The predicted octanol–water partition coefficient (Wildman–Crippen LogP) is 3.13. The van der Waals surface area contributed by atoms with E-state index in [0.717, 1.165) is 32.2 Å². The molecule has 1 amide bonds. The van der Waals surface area contributed by atoms with Gasteiger partial charge in [-0.3, -0.25) is 9.35 Å². The van der Waals surface area contributed by atoms with Crippen LogP contribution in [0.2, 0.25) is 0 Å². The molecule has 1 saturated heterocycles. The smallest absolute Gasteiger partial charge is 0.267 e. The molecule has 0 aliphatic carbocycles. The Morgan fingerprint density at radius 3 is 2.20 bits per heavy atom. The summed E-state index contributed by atoms with van der Waals surface area (Å²) in [6.07, 6.45) is 13.3. The number of unbranched alkanes of at least 4 members (excludes halogenated alkanes) is 9. The molecule has 3 N–H and O–H groups in total. The van der Waals surface area contributed by atoms with E-state index in [2.05, 4.69) is 12.2 Å². The number of hydrogen-bond donors (Lipinski definition) is 3. The fourth-order valence-electron chi connectivity index (χ4n) is 4.59. The van der Waals surface area contributed by atoms with Gasteiger partial charge in [-0.15, -0.1) is 0 Å². The van der Waals surface area contributed by atoms with E-state index < -0.39 is 22.0 Å². The summed E-state index contributed by atoms with van der Waals surface area (Å²) in [6, 6.07) is 0. The van der Waals surface area contributed by atoms with Gasteiger partial charge in [-0.25, -0.2) is 0 Å². The normalized spacial score (nSPS) is 23.3. The molecule has 3 atom stereocenters. The quantitative estimate of drug-likeness (QED) is 0.191. The van der Waals surface area contributed by atoms with Crippen molar-refractivity contribution in [3.8, 4) is 0 Å². The van der Waals surface area contributed by atoms with E-state index in [9.17, 15) is 18.3 Å². The summed E-state index contributed by atoms with van der Waals surface area (Å²) in [6.45, 7) is 4.56. The first-order chi connectivity index (χ1) is 14.2. The van der Waals surface area contributed by atoms with Crippen molar-refractivity contribution in [2.45, 2.75) is 90.1 Å². The second-order valence-corrected chi connectivity index (χ2v) is 10.9. The Labute approximate surface area is 184 Å². The van der Waals surface area contributed by atoms with Gasteiger partial charge in [-0.1, -0.05) is 64.7 Å². The molecule has 1 heterocycles. The largest absolute Gasteiger partial charge is 0.386 e. The first kappa shape index (κ1) is 27.3. The molecule has 0 radical (unpaired) electrons. The Morgan fingerprint density at radius 2 is 1.63 bits per heavy atom. The summed E-state index contributed by atoms with van der Waals surface area (Å²) < 4.78 is 31.3. The molecule has 0 spiro atoms. The van der Waals surface area contributed by atoms with Gasteiger partial charge < -0.3 is 14.9 Å². The number of aliphatic hydroxyl groups is 1. The number of carbonyl (C=O) groups is 1. The maximum atomic E-state index is 12.5. The van der Waals surface area contributed by atoms with Gasteiger partial charge in [0, 0.05) is 6.54 Å². The van der Waals surface area contributed by atoms with Crippen LogP contribution < -0.4 is 5.32 Å². The molecule has 30 heavy (non-hydrogen) atoms. The number of nitrogens with zero attached hydrogens (tertiary/aromatic N) is 1. The molecule has 1 fully saturated rings. The average molecular weight is 450 g/mol. The lowest BCUT2D eigenvalue weighted by Gasteiger charge is -2.41. The number of rotatable bonds is 16. The molecule has 0 saturated carbocycles. The number of amides is 1. The van der Waals surface area contributed by atoms with Crippen LogP contribution in [0.25, 0.3) is 0 Å². The van der Waals surface area contributed by atoms with Gasteiger partial charge in [0.2, 0.25) is 5.91 Å². The minimum atomic E-state index is -4.20. The number of carbonyl (C=O) groups excluding carboxylic acids is 1. The van der Waals surface area contributed by atoms with E-state index >= 15 is 0 Å². The molecule has 0 aromatic heterocycles. The Hall–Kier alpha value is -0.700. The van der Waals surface area contributed by atoms with Crippen LogP contribution in [-0.2, 0) is 14.9 Å². The van der Waals surface area contributed by atoms with E-state index in [-0.39, 0.29) is 18.4 Å². The molecular weight excluding hydrogens is 404 g/mol. The first-order valence-electron chi connectivity index (χ1n) is 11.9. The van der Waals surface area contributed by atoms with Crippen molar-refractivity contribution in [1.82, 2.24) is 5.32 Å². The van der Waals surface area contributed by atoms with Crippen LogP contribution in [0.3, 0.4) is 0 Å². The Morgan fingerprint density at radius 1 is 1.07 bits per heavy atom. The fourth-order valence-corrected chi connectivity index (χ4v) is 5.18. The van der Waals surface area contributed by atoms with Crippen LogP contribution in [0.1, 0.15) is 84.0 Å². The standard InChI is InChI=1S/C22H44N2O5S/c1-3-4-5-6-7-8-9-10-11-12-15-23-22(26)20-14-13-16-24(2,17-20)18-21(25)19-30(27,28)29/h20-21,25H,3-19H2,1-2H3,(H-,23,26,27,28,29)/p+1. The highest BCUT2D eigenvalue weighted by atomic mass is 32.2. The van der Waals surface area contributed by atoms with Crippen molar-refractivity contribution >= 4 is 16.0 Å². The first-order valence-corrected chi connectivity index (χ1v) is 13.5. The predicted molar refractivity (Wildman–Crippen MR) is 121 cm³/mol. The zero-order valence-corrected chi connectivity index (χ0v) is 20.0. The molecular formula is C22H45N2O5S+. The van der Waals surface area contributed by atoms with Gasteiger partial charge in [0.05, 0.1) is 26.1 Å². The summed E-state index contributed by atoms with van der Waals surface area (Å²) in [5.41, 5.74) is 0. The molecule has 1 aliphatic rings. The summed E-state index contributed by atoms with van der Waals surface area (Å²) in [4.78, 5) is 12.5. The highest BCUT2D eigenvalue weighted by molar-refractivity contribution is 7.85. The number of nitrogens with one attached hydrogen (secondary N) is 1. The maximum absolute atomic E-state index is 12.5. The molecule has 0 aromatic rings. The Balaban J connectivity index is 2.18. The number of piperidine rings is 1. The van der Waals surface area contributed by atoms with Crippen molar-refractivity contribution in [3.63, 3.8) is 0 Å². The van der Waals surface area contributed by atoms with Crippen molar-refractivity contribution in [2.75, 3.05) is 39.0 Å². The number of aliphatic hydroxyl groups excluding tert-OH is 1. The Kier molecular flexibility index (Phi) is 13.1. The molecule has 8 heteroatoms. The third-order valence-electron chi connectivity index (χ3n) is 6.17. The van der Waals surface area contributed by atoms with Crippen LogP contribution in [0, 0.1) is 5.92 Å². The highest BCUT2D eigenvalue weighted by Crippen LogP contribution is 2.23. The second-order valence-electron chi connectivity index (χ2n) is 9.42. The summed E-state index contributed by atoms with van der Waals surface area (Å²) in [5, 5.41) is 13.0. The van der Waals surface area contributed by atoms with E-state index in [4.69, 9.17) is 4.55 Å². The van der Waals surface area contributed by atoms with Crippen molar-refractivity contribution in [1.29, 1.82) is 0 Å². The maximum Gasteiger partial charge on any atom is 0.267 e. The lowest BCUT2D eigenvalue weighted by Crippen LogP contribution is -2.57.